The molecule has 0 spiro atoms. The van der Waals surface area contributed by atoms with Gasteiger partial charge in [-0.1, -0.05) is 23.6 Å². The molecule has 1 amide bonds. The van der Waals surface area contributed by atoms with Gasteiger partial charge < -0.3 is 10.1 Å². The molecule has 0 aromatic carbocycles. The van der Waals surface area contributed by atoms with Crippen molar-refractivity contribution in [2.45, 2.75) is 37.8 Å². The van der Waals surface area contributed by atoms with Crippen LogP contribution in [0.25, 0.3) is 0 Å². The molecule has 24 heavy (non-hydrogen) atoms. The third kappa shape index (κ3) is 9.98. The molecule has 1 aromatic rings. The van der Waals surface area contributed by atoms with E-state index in [1.165, 1.54) is 18.7 Å². The number of nitrogens with one attached hydrogen (secondary N) is 1. The number of thioether (sulfide) groups is 1. The lowest BCUT2D eigenvalue weighted by Gasteiger charge is -2.05. The first-order chi connectivity index (χ1) is 11.6. The number of nitrogens with zero attached hydrogens (tertiary/aromatic N) is 2. The van der Waals surface area contributed by atoms with Gasteiger partial charge in [-0.2, -0.15) is 0 Å². The Morgan fingerprint density at radius 3 is 2.67 bits per heavy atom. The van der Waals surface area contributed by atoms with Gasteiger partial charge in [0.15, 0.2) is 5.16 Å². The molecule has 6 nitrogen and oxygen atoms in total. The van der Waals surface area contributed by atoms with Gasteiger partial charge in [-0.3, -0.25) is 9.59 Å². The summed E-state index contributed by atoms with van der Waals surface area (Å²) in [6, 6.07) is 0. The second-order valence-electron chi connectivity index (χ2n) is 5.03. The molecule has 0 saturated carbocycles. The van der Waals surface area contributed by atoms with Crippen LogP contribution >= 0.6 is 11.8 Å². The highest BCUT2D eigenvalue weighted by atomic mass is 32.2. The van der Waals surface area contributed by atoms with E-state index in [4.69, 9.17) is 4.74 Å². The molecule has 0 atom stereocenters. The molecule has 0 bridgehead atoms. The van der Waals surface area contributed by atoms with Crippen molar-refractivity contribution in [3.63, 3.8) is 0 Å². The summed E-state index contributed by atoms with van der Waals surface area (Å²) >= 11 is 1.49. The van der Waals surface area contributed by atoms with E-state index in [0.29, 0.717) is 45.4 Å². The fourth-order valence-corrected chi connectivity index (χ4v) is 1.97. The molecular formula is C17H23N3O3S. The molecule has 0 aliphatic heterocycles. The average molecular weight is 349 g/mol. The number of carbonyl (C=O) groups excluding carboxylic acids is 2. The summed E-state index contributed by atoms with van der Waals surface area (Å²) in [5.41, 5.74) is 0.778. The van der Waals surface area contributed by atoms with E-state index in [1.54, 1.807) is 12.4 Å². The predicted octanol–water partition coefficient (Wildman–Crippen LogP) is 1.83. The molecule has 0 unspecified atom stereocenters. The topological polar surface area (TPSA) is 81.2 Å². The molecule has 0 fully saturated rings. The maximum Gasteiger partial charge on any atom is 0.220 e. The maximum absolute atomic E-state index is 11.6. The third-order valence-electron chi connectivity index (χ3n) is 2.92. The minimum atomic E-state index is -0.0142. The standard InChI is InChI=1S/C17H23N3O3S/c1-14(21)8-10-23-11-9-18-16(22)7-5-3-4-6-15-12-19-17(24-2)20-13-15/h12-13H,3,5,7-11H2,1-2H3,(H,18,22). The van der Waals surface area contributed by atoms with E-state index >= 15 is 0 Å². The van der Waals surface area contributed by atoms with E-state index < -0.39 is 0 Å². The number of Topliss-reactive ketones (excluding diaryl/α,β-unsaturated/α-hetero) is 1. The van der Waals surface area contributed by atoms with E-state index in [9.17, 15) is 9.59 Å². The average Bonchev–Trinajstić information content (AvgIpc) is 2.58. The minimum absolute atomic E-state index is 0.0142. The number of ether oxygens (including phenoxy) is 1. The first kappa shape index (κ1) is 20.1. The summed E-state index contributed by atoms with van der Waals surface area (Å²) in [4.78, 5) is 30.6. The van der Waals surface area contributed by atoms with E-state index in [2.05, 4.69) is 27.1 Å². The van der Waals surface area contributed by atoms with Gasteiger partial charge in [0.05, 0.1) is 18.8 Å². The summed E-state index contributed by atoms with van der Waals surface area (Å²) < 4.78 is 5.23. The van der Waals surface area contributed by atoms with Gasteiger partial charge in [0.2, 0.25) is 5.91 Å². The number of amides is 1. The quantitative estimate of drug-likeness (QED) is 0.300. The second kappa shape index (κ2) is 12.5. The van der Waals surface area contributed by atoms with Gasteiger partial charge >= 0.3 is 0 Å². The SMILES string of the molecule is CSc1ncc(C#CCCCC(=O)NCCOCCC(C)=O)cn1. The highest BCUT2D eigenvalue weighted by Gasteiger charge is 2.00. The van der Waals surface area contributed by atoms with Gasteiger partial charge in [0, 0.05) is 38.2 Å². The van der Waals surface area contributed by atoms with Crippen LogP contribution in [0.3, 0.4) is 0 Å². The van der Waals surface area contributed by atoms with Crippen molar-refractivity contribution in [1.82, 2.24) is 15.3 Å². The van der Waals surface area contributed by atoms with Gasteiger partial charge in [0.1, 0.15) is 5.78 Å². The molecule has 130 valence electrons. The summed E-state index contributed by atoms with van der Waals surface area (Å²) in [6.07, 6.45) is 7.52. The fraction of sp³-hybridized carbons (Fsp3) is 0.529. The molecular weight excluding hydrogens is 326 g/mol. The molecule has 1 N–H and O–H groups in total. The smallest absolute Gasteiger partial charge is 0.220 e. The largest absolute Gasteiger partial charge is 0.379 e. The Morgan fingerprint density at radius 2 is 2.00 bits per heavy atom. The Morgan fingerprint density at radius 1 is 1.25 bits per heavy atom. The van der Waals surface area contributed by atoms with Crippen LogP contribution in [0.4, 0.5) is 0 Å². The van der Waals surface area contributed by atoms with Crippen LogP contribution in [0.5, 0.6) is 0 Å². The number of aromatic nitrogens is 2. The fourth-order valence-electron chi connectivity index (χ4n) is 1.66. The van der Waals surface area contributed by atoms with Crippen molar-refractivity contribution < 1.29 is 14.3 Å². The number of ketones is 1. The summed E-state index contributed by atoms with van der Waals surface area (Å²) in [5.74, 6) is 6.09. The summed E-state index contributed by atoms with van der Waals surface area (Å²) in [6.45, 7) is 2.81. The summed E-state index contributed by atoms with van der Waals surface area (Å²) in [5, 5.41) is 3.50. The van der Waals surface area contributed by atoms with Gasteiger partial charge in [-0.15, -0.1) is 0 Å². The Balaban J connectivity index is 2.07. The van der Waals surface area contributed by atoms with Crippen LogP contribution in [-0.2, 0) is 14.3 Å². The Kier molecular flexibility index (Phi) is 10.5. The molecule has 1 aromatic heterocycles. The lowest BCUT2D eigenvalue weighted by molar-refractivity contribution is -0.122. The van der Waals surface area contributed by atoms with Crippen LogP contribution in [0, 0.1) is 11.8 Å². The van der Waals surface area contributed by atoms with Crippen molar-refractivity contribution in [3.05, 3.63) is 18.0 Å². The van der Waals surface area contributed by atoms with Crippen molar-refractivity contribution in [2.24, 2.45) is 0 Å². The predicted molar refractivity (Wildman–Crippen MR) is 93.7 cm³/mol. The van der Waals surface area contributed by atoms with Gasteiger partial charge in [-0.25, -0.2) is 9.97 Å². The lowest BCUT2D eigenvalue weighted by Crippen LogP contribution is -2.27. The number of hydrogen-bond donors (Lipinski definition) is 1. The Bertz CT molecular complexity index is 579. The van der Waals surface area contributed by atoms with Crippen LogP contribution in [-0.4, -0.2) is 47.7 Å². The number of hydrogen-bond acceptors (Lipinski definition) is 6. The molecule has 0 aliphatic rings. The molecule has 0 saturated heterocycles. The number of rotatable bonds is 10. The third-order valence-corrected chi connectivity index (χ3v) is 3.49. The highest BCUT2D eigenvalue weighted by Crippen LogP contribution is 2.06. The number of carbonyl (C=O) groups is 2. The second-order valence-corrected chi connectivity index (χ2v) is 5.80. The maximum atomic E-state index is 11.6. The van der Waals surface area contributed by atoms with Crippen molar-refractivity contribution >= 4 is 23.5 Å². The van der Waals surface area contributed by atoms with E-state index in [-0.39, 0.29) is 11.7 Å². The van der Waals surface area contributed by atoms with Crippen LogP contribution < -0.4 is 5.32 Å². The summed E-state index contributed by atoms with van der Waals surface area (Å²) in [7, 11) is 0. The first-order valence-electron chi connectivity index (χ1n) is 7.80. The molecule has 0 aliphatic carbocycles. The van der Waals surface area contributed by atoms with Crippen LogP contribution in [0.2, 0.25) is 0 Å². The molecule has 1 rings (SSSR count). The monoisotopic (exact) mass is 349 g/mol. The Labute approximate surface area is 147 Å². The zero-order valence-electron chi connectivity index (χ0n) is 14.1. The minimum Gasteiger partial charge on any atom is -0.379 e. The normalized spacial score (nSPS) is 9.92. The highest BCUT2D eigenvalue weighted by molar-refractivity contribution is 7.98. The van der Waals surface area contributed by atoms with Crippen LogP contribution in [0.15, 0.2) is 17.6 Å². The van der Waals surface area contributed by atoms with Crippen molar-refractivity contribution in [2.75, 3.05) is 26.0 Å². The van der Waals surface area contributed by atoms with E-state index in [1.807, 2.05) is 6.26 Å². The number of unbranched alkanes of at least 4 members (excludes halogenated alkanes) is 1. The van der Waals surface area contributed by atoms with Gasteiger partial charge in [-0.05, 0) is 19.6 Å². The lowest BCUT2D eigenvalue weighted by atomic mass is 10.2. The first-order valence-corrected chi connectivity index (χ1v) is 9.03. The zero-order chi connectivity index (χ0) is 17.6. The zero-order valence-corrected chi connectivity index (χ0v) is 14.9. The van der Waals surface area contributed by atoms with E-state index in [0.717, 1.165) is 10.7 Å². The molecule has 0 radical (unpaired) electrons. The Hall–Kier alpha value is -1.91. The van der Waals surface area contributed by atoms with Gasteiger partial charge in [0.25, 0.3) is 0 Å². The van der Waals surface area contributed by atoms with Crippen molar-refractivity contribution in [3.8, 4) is 11.8 Å². The molecule has 7 heteroatoms. The van der Waals surface area contributed by atoms with Crippen LogP contribution in [0.1, 0.15) is 38.2 Å². The molecule has 1 heterocycles. The van der Waals surface area contributed by atoms with Crippen molar-refractivity contribution in [1.29, 1.82) is 0 Å².